The van der Waals surface area contributed by atoms with Crippen molar-refractivity contribution >= 4 is 11.8 Å². The Morgan fingerprint density at radius 2 is 2.00 bits per heavy atom. The summed E-state index contributed by atoms with van der Waals surface area (Å²) in [6, 6.07) is 0.389. The molecule has 1 aliphatic carbocycles. The summed E-state index contributed by atoms with van der Waals surface area (Å²) in [5.41, 5.74) is 0.414. The van der Waals surface area contributed by atoms with Crippen molar-refractivity contribution in [3.8, 4) is 0 Å². The van der Waals surface area contributed by atoms with Gasteiger partial charge in [-0.15, -0.1) is 0 Å². The topological polar surface area (TPSA) is 64.1 Å². The van der Waals surface area contributed by atoms with Gasteiger partial charge in [0, 0.05) is 12.2 Å². The fourth-order valence-corrected chi connectivity index (χ4v) is 2.46. The first-order valence-electron chi connectivity index (χ1n) is 6.89. The van der Waals surface area contributed by atoms with Crippen LogP contribution in [0.2, 0.25) is 0 Å². The van der Waals surface area contributed by atoms with E-state index in [4.69, 9.17) is 4.74 Å². The van der Waals surface area contributed by atoms with E-state index in [0.717, 1.165) is 12.8 Å². The minimum atomic E-state index is -0.392. The van der Waals surface area contributed by atoms with E-state index in [2.05, 4.69) is 15.3 Å². The number of hydrogen-bond acceptors (Lipinski definition) is 5. The number of methoxy groups -OCH3 is 1. The highest BCUT2D eigenvalue weighted by molar-refractivity contribution is 5.94. The molecule has 1 aliphatic rings. The number of carbonyl (C=O) groups is 1. The van der Waals surface area contributed by atoms with Crippen LogP contribution < -0.4 is 5.32 Å². The minimum absolute atomic E-state index is 0.389. The number of ether oxygens (including phenoxy) is 1. The first-order valence-corrected chi connectivity index (χ1v) is 6.89. The van der Waals surface area contributed by atoms with Gasteiger partial charge in [-0.25, -0.2) is 14.8 Å². The molecule has 19 heavy (non-hydrogen) atoms. The molecule has 0 radical (unpaired) electrons. The Labute approximate surface area is 113 Å². The van der Waals surface area contributed by atoms with E-state index in [1.54, 1.807) is 0 Å². The summed E-state index contributed by atoms with van der Waals surface area (Å²) >= 11 is 0. The minimum Gasteiger partial charge on any atom is -0.465 e. The number of rotatable bonds is 3. The van der Waals surface area contributed by atoms with Crippen molar-refractivity contribution in [3.63, 3.8) is 0 Å². The molecule has 0 aliphatic heterocycles. The van der Waals surface area contributed by atoms with Gasteiger partial charge >= 0.3 is 5.97 Å². The van der Waals surface area contributed by atoms with Crippen LogP contribution in [0.1, 0.15) is 54.7 Å². The van der Waals surface area contributed by atoms with Gasteiger partial charge in [0.15, 0.2) is 0 Å². The molecule has 1 N–H and O–H groups in total. The van der Waals surface area contributed by atoms with Crippen LogP contribution in [-0.4, -0.2) is 29.1 Å². The van der Waals surface area contributed by atoms with Gasteiger partial charge in [0.25, 0.3) is 0 Å². The van der Waals surface area contributed by atoms with E-state index in [1.807, 2.05) is 6.92 Å². The molecule has 1 heterocycles. The van der Waals surface area contributed by atoms with Crippen molar-refractivity contribution in [2.24, 2.45) is 0 Å². The zero-order valence-corrected chi connectivity index (χ0v) is 11.6. The monoisotopic (exact) mass is 263 g/mol. The maximum absolute atomic E-state index is 11.7. The highest BCUT2D eigenvalue weighted by atomic mass is 16.5. The van der Waals surface area contributed by atoms with Crippen molar-refractivity contribution in [1.82, 2.24) is 9.97 Å². The Hall–Kier alpha value is -1.65. The summed E-state index contributed by atoms with van der Waals surface area (Å²) in [6.07, 6.45) is 8.85. The quantitative estimate of drug-likeness (QED) is 0.671. The Bertz CT molecular complexity index is 440. The lowest BCUT2D eigenvalue weighted by Crippen LogP contribution is -2.22. The van der Waals surface area contributed by atoms with Crippen LogP contribution in [0.4, 0.5) is 5.82 Å². The molecule has 1 aromatic rings. The van der Waals surface area contributed by atoms with Gasteiger partial charge in [0.05, 0.1) is 7.11 Å². The average molecular weight is 263 g/mol. The summed E-state index contributed by atoms with van der Waals surface area (Å²) in [7, 11) is 1.37. The zero-order chi connectivity index (χ0) is 13.7. The molecule has 1 saturated carbocycles. The second kappa shape index (κ2) is 6.50. The molecule has 0 atom stereocenters. The lowest BCUT2D eigenvalue weighted by molar-refractivity contribution is 0.0601. The highest BCUT2D eigenvalue weighted by Crippen LogP contribution is 2.22. The number of anilines is 1. The van der Waals surface area contributed by atoms with Crippen LogP contribution in [0.5, 0.6) is 0 Å². The van der Waals surface area contributed by atoms with Crippen LogP contribution in [0.25, 0.3) is 0 Å². The molecule has 5 heteroatoms. The third kappa shape index (κ3) is 3.66. The number of nitrogens with one attached hydrogen (secondary N) is 1. The fraction of sp³-hybridized carbons (Fsp3) is 0.643. The number of esters is 1. The van der Waals surface area contributed by atoms with Gasteiger partial charge < -0.3 is 10.1 Å². The summed E-state index contributed by atoms with van der Waals surface area (Å²) < 4.78 is 4.77. The third-order valence-corrected chi connectivity index (χ3v) is 3.51. The number of aryl methyl sites for hydroxylation is 1. The van der Waals surface area contributed by atoms with Crippen LogP contribution in [-0.2, 0) is 4.74 Å². The van der Waals surface area contributed by atoms with E-state index in [0.29, 0.717) is 23.2 Å². The maximum atomic E-state index is 11.7. The van der Waals surface area contributed by atoms with E-state index < -0.39 is 5.97 Å². The molecule has 0 aromatic carbocycles. The Morgan fingerprint density at radius 3 is 2.63 bits per heavy atom. The van der Waals surface area contributed by atoms with Crippen LogP contribution in [0.15, 0.2) is 6.20 Å². The second-order valence-electron chi connectivity index (χ2n) is 5.00. The first kappa shape index (κ1) is 13.8. The van der Waals surface area contributed by atoms with Gasteiger partial charge in [-0.2, -0.15) is 0 Å². The maximum Gasteiger partial charge on any atom is 0.343 e. The standard InChI is InChI=1S/C14H21N3O2/c1-10-15-9-12(14(18)19-2)13(16-10)17-11-7-5-3-4-6-8-11/h9,11H,3-8H2,1-2H3,(H,15,16,17). The van der Waals surface area contributed by atoms with Crippen LogP contribution in [0.3, 0.4) is 0 Å². The van der Waals surface area contributed by atoms with Crippen molar-refractivity contribution in [1.29, 1.82) is 0 Å². The fourth-order valence-electron chi connectivity index (χ4n) is 2.46. The molecule has 0 bridgehead atoms. The number of aromatic nitrogens is 2. The van der Waals surface area contributed by atoms with E-state index >= 15 is 0 Å². The van der Waals surface area contributed by atoms with Crippen molar-refractivity contribution in [2.75, 3.05) is 12.4 Å². The van der Waals surface area contributed by atoms with Crippen LogP contribution in [0, 0.1) is 6.92 Å². The summed E-state index contributed by atoms with van der Waals surface area (Å²) in [5, 5.41) is 3.39. The van der Waals surface area contributed by atoms with Gasteiger partial charge in [-0.3, -0.25) is 0 Å². The SMILES string of the molecule is COC(=O)c1cnc(C)nc1NC1CCCCCC1. The van der Waals surface area contributed by atoms with Crippen molar-refractivity contribution in [3.05, 3.63) is 17.6 Å². The van der Waals surface area contributed by atoms with Gasteiger partial charge in [0.2, 0.25) is 0 Å². The molecule has 0 unspecified atom stereocenters. The molecule has 104 valence electrons. The Morgan fingerprint density at radius 1 is 1.32 bits per heavy atom. The molecular weight excluding hydrogens is 242 g/mol. The molecular formula is C14H21N3O2. The lowest BCUT2D eigenvalue weighted by atomic mass is 10.1. The van der Waals surface area contributed by atoms with Crippen molar-refractivity contribution < 1.29 is 9.53 Å². The zero-order valence-electron chi connectivity index (χ0n) is 11.6. The van der Waals surface area contributed by atoms with Gasteiger partial charge in [-0.1, -0.05) is 25.7 Å². The van der Waals surface area contributed by atoms with E-state index in [1.165, 1.54) is 39.0 Å². The number of hydrogen-bond donors (Lipinski definition) is 1. The van der Waals surface area contributed by atoms with Gasteiger partial charge in [-0.05, 0) is 19.8 Å². The number of carbonyl (C=O) groups excluding carboxylic acids is 1. The third-order valence-electron chi connectivity index (χ3n) is 3.51. The van der Waals surface area contributed by atoms with E-state index in [-0.39, 0.29) is 0 Å². The molecule has 1 fully saturated rings. The largest absolute Gasteiger partial charge is 0.465 e. The predicted molar refractivity (Wildman–Crippen MR) is 73.2 cm³/mol. The lowest BCUT2D eigenvalue weighted by Gasteiger charge is -2.18. The number of nitrogens with zero attached hydrogens (tertiary/aromatic N) is 2. The summed E-state index contributed by atoms with van der Waals surface area (Å²) in [5.74, 6) is 0.867. The second-order valence-corrected chi connectivity index (χ2v) is 5.00. The smallest absolute Gasteiger partial charge is 0.343 e. The van der Waals surface area contributed by atoms with Crippen LogP contribution >= 0.6 is 0 Å². The molecule has 1 aromatic heterocycles. The Balaban J connectivity index is 2.17. The van der Waals surface area contributed by atoms with Crippen molar-refractivity contribution in [2.45, 2.75) is 51.5 Å². The predicted octanol–water partition coefficient (Wildman–Crippen LogP) is 2.71. The first-order chi connectivity index (χ1) is 9.20. The normalized spacial score (nSPS) is 16.7. The highest BCUT2D eigenvalue weighted by Gasteiger charge is 2.18. The summed E-state index contributed by atoms with van der Waals surface area (Å²) in [6.45, 7) is 1.82. The molecule has 0 spiro atoms. The van der Waals surface area contributed by atoms with E-state index in [9.17, 15) is 4.79 Å². The summed E-state index contributed by atoms with van der Waals surface area (Å²) in [4.78, 5) is 20.1. The molecule has 0 saturated heterocycles. The molecule has 2 rings (SSSR count). The average Bonchev–Trinajstić information content (AvgIpc) is 2.67. The van der Waals surface area contributed by atoms with Gasteiger partial charge in [0.1, 0.15) is 17.2 Å². The molecule has 5 nitrogen and oxygen atoms in total. The molecule has 0 amide bonds. The Kier molecular flexibility index (Phi) is 4.71.